The van der Waals surface area contributed by atoms with E-state index >= 15 is 0 Å². The van der Waals surface area contributed by atoms with E-state index in [1.54, 1.807) is 0 Å². The van der Waals surface area contributed by atoms with Crippen LogP contribution < -0.4 is 0 Å². The molecule has 0 aliphatic carbocycles. The molecule has 1 aromatic rings. The van der Waals surface area contributed by atoms with Crippen LogP contribution in [0, 0.1) is 17.7 Å². The summed E-state index contributed by atoms with van der Waals surface area (Å²) in [5.41, 5.74) is 0.0977. The minimum atomic E-state index is -1.16. The van der Waals surface area contributed by atoms with Gasteiger partial charge in [-0.05, 0) is 18.2 Å². The van der Waals surface area contributed by atoms with Crippen LogP contribution in [0.1, 0.15) is 22.3 Å². The third-order valence-corrected chi connectivity index (χ3v) is 1.85. The fourth-order valence-corrected chi connectivity index (χ4v) is 1.05. The summed E-state index contributed by atoms with van der Waals surface area (Å²) in [6.07, 6.45) is 0.474. The second-order valence-electron chi connectivity index (χ2n) is 2.74. The lowest BCUT2D eigenvalue weighted by Crippen LogP contribution is -1.97. The van der Waals surface area contributed by atoms with Crippen molar-refractivity contribution in [1.82, 2.24) is 0 Å². The molecule has 0 aliphatic heterocycles. The van der Waals surface area contributed by atoms with Crippen molar-refractivity contribution >= 4 is 17.6 Å². The van der Waals surface area contributed by atoms with Gasteiger partial charge in [-0.25, -0.2) is 9.18 Å². The molecule has 0 heterocycles. The smallest absolute Gasteiger partial charge is 0.335 e. The molecule has 0 aromatic heterocycles. The summed E-state index contributed by atoms with van der Waals surface area (Å²) in [5.74, 6) is 3.85. The van der Waals surface area contributed by atoms with Gasteiger partial charge in [0.1, 0.15) is 5.82 Å². The van der Waals surface area contributed by atoms with Crippen molar-refractivity contribution in [3.8, 4) is 11.8 Å². The molecular weight excluding hydrogens is 219 g/mol. The number of alkyl halides is 1. The maximum atomic E-state index is 13.2. The Hall–Kier alpha value is -1.53. The van der Waals surface area contributed by atoms with E-state index in [0.717, 1.165) is 6.07 Å². The highest BCUT2D eigenvalue weighted by Crippen LogP contribution is 2.09. The van der Waals surface area contributed by atoms with Gasteiger partial charge in [0.25, 0.3) is 0 Å². The van der Waals surface area contributed by atoms with Crippen LogP contribution in [0.4, 0.5) is 4.39 Å². The second kappa shape index (κ2) is 5.38. The van der Waals surface area contributed by atoms with Crippen molar-refractivity contribution in [3.63, 3.8) is 0 Å². The van der Waals surface area contributed by atoms with Gasteiger partial charge in [-0.3, -0.25) is 0 Å². The molecule has 0 radical (unpaired) electrons. The van der Waals surface area contributed by atoms with Gasteiger partial charge in [-0.2, -0.15) is 0 Å². The zero-order chi connectivity index (χ0) is 11.3. The first-order valence-electron chi connectivity index (χ1n) is 4.23. The van der Waals surface area contributed by atoms with Gasteiger partial charge in [0, 0.05) is 12.3 Å². The molecule has 0 atom stereocenters. The van der Waals surface area contributed by atoms with E-state index < -0.39 is 11.8 Å². The van der Waals surface area contributed by atoms with Gasteiger partial charge in [0.2, 0.25) is 0 Å². The number of halogens is 2. The highest BCUT2D eigenvalue weighted by atomic mass is 35.5. The Morgan fingerprint density at radius 1 is 1.53 bits per heavy atom. The largest absolute Gasteiger partial charge is 0.478 e. The molecule has 0 amide bonds. The first kappa shape index (κ1) is 11.5. The van der Waals surface area contributed by atoms with E-state index in [4.69, 9.17) is 16.7 Å². The van der Waals surface area contributed by atoms with Crippen LogP contribution in [-0.4, -0.2) is 17.0 Å². The molecular formula is C11H8ClFO2. The Morgan fingerprint density at radius 2 is 2.27 bits per heavy atom. The third-order valence-electron chi connectivity index (χ3n) is 1.66. The number of carbonyl (C=O) groups is 1. The molecule has 0 aliphatic rings. The average molecular weight is 227 g/mol. The Bertz CT molecular complexity index is 432. The molecule has 78 valence electrons. The molecule has 0 fully saturated rings. The lowest BCUT2D eigenvalue weighted by molar-refractivity contribution is 0.0696. The summed E-state index contributed by atoms with van der Waals surface area (Å²) in [4.78, 5) is 10.5. The highest BCUT2D eigenvalue weighted by molar-refractivity contribution is 6.18. The predicted octanol–water partition coefficient (Wildman–Crippen LogP) is 2.50. The van der Waals surface area contributed by atoms with Crippen LogP contribution in [0.5, 0.6) is 0 Å². The number of rotatable bonds is 2. The lowest BCUT2D eigenvalue weighted by Gasteiger charge is -1.96. The highest BCUT2D eigenvalue weighted by Gasteiger charge is 2.06. The standard InChI is InChI=1S/C11H8ClFO2/c12-6-2-1-3-8-4-5-9(11(14)15)7-10(8)13/h4-5,7H,2,6H2,(H,14,15). The van der Waals surface area contributed by atoms with Gasteiger partial charge in [-0.1, -0.05) is 11.8 Å². The Kier molecular flexibility index (Phi) is 4.14. The third kappa shape index (κ3) is 3.26. The summed E-state index contributed by atoms with van der Waals surface area (Å²) in [7, 11) is 0. The molecule has 15 heavy (non-hydrogen) atoms. The van der Waals surface area contributed by atoms with Gasteiger partial charge in [0.05, 0.1) is 11.1 Å². The Morgan fingerprint density at radius 3 is 2.80 bits per heavy atom. The van der Waals surface area contributed by atoms with Crippen LogP contribution in [0.3, 0.4) is 0 Å². The first-order valence-corrected chi connectivity index (χ1v) is 4.76. The number of hydrogen-bond donors (Lipinski definition) is 1. The maximum absolute atomic E-state index is 13.2. The quantitative estimate of drug-likeness (QED) is 0.622. The van der Waals surface area contributed by atoms with Gasteiger partial charge in [-0.15, -0.1) is 11.6 Å². The fourth-order valence-electron chi connectivity index (χ4n) is 0.954. The van der Waals surface area contributed by atoms with Crippen LogP contribution >= 0.6 is 11.6 Å². The van der Waals surface area contributed by atoms with Crippen LogP contribution in [0.2, 0.25) is 0 Å². The van der Waals surface area contributed by atoms with Crippen molar-refractivity contribution in [3.05, 3.63) is 35.1 Å². The van der Waals surface area contributed by atoms with E-state index in [9.17, 15) is 9.18 Å². The van der Waals surface area contributed by atoms with E-state index in [1.165, 1.54) is 12.1 Å². The van der Waals surface area contributed by atoms with E-state index in [0.29, 0.717) is 12.3 Å². The Balaban J connectivity index is 2.95. The van der Waals surface area contributed by atoms with Crippen LogP contribution in [-0.2, 0) is 0 Å². The number of hydrogen-bond acceptors (Lipinski definition) is 1. The van der Waals surface area contributed by atoms with Crippen molar-refractivity contribution < 1.29 is 14.3 Å². The molecule has 0 spiro atoms. The molecule has 0 saturated heterocycles. The molecule has 1 N–H and O–H groups in total. The Labute approximate surface area is 91.7 Å². The number of carboxylic acid groups (broad SMARTS) is 1. The number of aromatic carboxylic acids is 1. The molecule has 0 saturated carbocycles. The van der Waals surface area contributed by atoms with Gasteiger partial charge in [0.15, 0.2) is 0 Å². The normalized spacial score (nSPS) is 9.20. The molecule has 2 nitrogen and oxygen atoms in total. The van der Waals surface area contributed by atoms with Gasteiger partial charge >= 0.3 is 5.97 Å². The zero-order valence-electron chi connectivity index (χ0n) is 7.76. The SMILES string of the molecule is O=C(O)c1ccc(C#CCCCl)c(F)c1. The van der Waals surface area contributed by atoms with Crippen molar-refractivity contribution in [2.24, 2.45) is 0 Å². The summed E-state index contributed by atoms with van der Waals surface area (Å²) < 4.78 is 13.2. The summed E-state index contributed by atoms with van der Waals surface area (Å²) >= 11 is 5.40. The average Bonchev–Trinajstić information content (AvgIpc) is 2.20. The summed E-state index contributed by atoms with van der Waals surface area (Å²) in [5, 5.41) is 8.59. The fraction of sp³-hybridized carbons (Fsp3) is 0.182. The zero-order valence-corrected chi connectivity index (χ0v) is 8.51. The number of carboxylic acids is 1. The number of benzene rings is 1. The minimum Gasteiger partial charge on any atom is -0.478 e. The van der Waals surface area contributed by atoms with Crippen molar-refractivity contribution in [2.75, 3.05) is 5.88 Å². The summed E-state index contributed by atoms with van der Waals surface area (Å²) in [6.45, 7) is 0. The van der Waals surface area contributed by atoms with Crippen molar-refractivity contribution in [1.29, 1.82) is 0 Å². The second-order valence-corrected chi connectivity index (χ2v) is 3.12. The topological polar surface area (TPSA) is 37.3 Å². The summed E-state index contributed by atoms with van der Waals surface area (Å²) in [6, 6.07) is 3.61. The molecule has 1 aromatic carbocycles. The van der Waals surface area contributed by atoms with Crippen LogP contribution in [0.15, 0.2) is 18.2 Å². The molecule has 0 bridgehead atoms. The van der Waals surface area contributed by atoms with Crippen LogP contribution in [0.25, 0.3) is 0 Å². The predicted molar refractivity (Wildman–Crippen MR) is 55.6 cm³/mol. The maximum Gasteiger partial charge on any atom is 0.335 e. The van der Waals surface area contributed by atoms with E-state index in [2.05, 4.69) is 11.8 Å². The first-order chi connectivity index (χ1) is 7.15. The monoisotopic (exact) mass is 226 g/mol. The molecule has 4 heteroatoms. The molecule has 0 unspecified atom stereocenters. The molecule has 1 rings (SSSR count). The van der Waals surface area contributed by atoms with Gasteiger partial charge < -0.3 is 5.11 Å². The lowest BCUT2D eigenvalue weighted by atomic mass is 10.1. The van der Waals surface area contributed by atoms with Crippen molar-refractivity contribution in [2.45, 2.75) is 6.42 Å². The van der Waals surface area contributed by atoms with E-state index in [-0.39, 0.29) is 11.1 Å². The van der Waals surface area contributed by atoms with E-state index in [1.807, 2.05) is 0 Å². The minimum absolute atomic E-state index is 0.0876.